The molecule has 1 saturated carbocycles. The molecule has 0 saturated heterocycles. The van der Waals surface area contributed by atoms with Gasteiger partial charge in [0.05, 0.1) is 11.5 Å². The highest BCUT2D eigenvalue weighted by atomic mass is 32.2. The van der Waals surface area contributed by atoms with Gasteiger partial charge in [0.25, 0.3) is 0 Å². The van der Waals surface area contributed by atoms with E-state index in [4.69, 9.17) is 5.26 Å². The van der Waals surface area contributed by atoms with E-state index in [2.05, 4.69) is 18.2 Å². The highest BCUT2D eigenvalue weighted by Gasteiger charge is 2.36. The van der Waals surface area contributed by atoms with Crippen molar-refractivity contribution in [2.75, 3.05) is 5.75 Å². The van der Waals surface area contributed by atoms with Crippen LogP contribution in [0.5, 0.6) is 0 Å². The van der Waals surface area contributed by atoms with Crippen LogP contribution in [0.2, 0.25) is 0 Å². The minimum atomic E-state index is -0.0134. The fraction of sp³-hybridized carbons (Fsp3) is 0.417. The van der Waals surface area contributed by atoms with Gasteiger partial charge in [-0.15, -0.1) is 11.8 Å². The lowest BCUT2D eigenvalue weighted by Crippen LogP contribution is -2.29. The molecule has 0 bridgehead atoms. The number of benzene rings is 1. The second-order valence-electron chi connectivity index (χ2n) is 3.85. The number of hydrogen-bond donors (Lipinski definition) is 0. The zero-order valence-corrected chi connectivity index (χ0v) is 8.89. The lowest BCUT2D eigenvalue weighted by atomic mass is 9.72. The molecule has 1 aliphatic rings. The molecule has 0 radical (unpaired) electrons. The van der Waals surface area contributed by atoms with Crippen molar-refractivity contribution in [1.29, 1.82) is 5.26 Å². The van der Waals surface area contributed by atoms with Crippen molar-refractivity contribution >= 4 is 11.8 Å². The van der Waals surface area contributed by atoms with Gasteiger partial charge >= 0.3 is 0 Å². The quantitative estimate of drug-likeness (QED) is 0.702. The monoisotopic (exact) mass is 203 g/mol. The van der Waals surface area contributed by atoms with E-state index in [-0.39, 0.29) is 5.41 Å². The molecule has 0 aromatic heterocycles. The lowest BCUT2D eigenvalue weighted by Gasteiger charge is -2.34. The normalized spacial score (nSPS) is 18.2. The summed E-state index contributed by atoms with van der Waals surface area (Å²) in [5, 5.41) is 9.05. The van der Waals surface area contributed by atoms with Gasteiger partial charge in [0.1, 0.15) is 0 Å². The summed E-state index contributed by atoms with van der Waals surface area (Å²) in [7, 11) is 0. The average Bonchev–Trinajstić information content (AvgIpc) is 2.19. The fourth-order valence-corrected chi connectivity index (χ4v) is 2.78. The standard InChI is InChI=1S/C12H13NS/c13-9-12(7-4-8-12)10-14-11-5-2-1-3-6-11/h1-3,5-6H,4,7-8,10H2. The summed E-state index contributed by atoms with van der Waals surface area (Å²) < 4.78 is 0. The van der Waals surface area contributed by atoms with E-state index in [9.17, 15) is 0 Å². The van der Waals surface area contributed by atoms with Crippen molar-refractivity contribution in [3.63, 3.8) is 0 Å². The Morgan fingerprint density at radius 2 is 2.00 bits per heavy atom. The van der Waals surface area contributed by atoms with Gasteiger partial charge in [0, 0.05) is 10.6 Å². The lowest BCUT2D eigenvalue weighted by molar-refractivity contribution is 0.252. The van der Waals surface area contributed by atoms with Gasteiger partial charge in [-0.1, -0.05) is 24.6 Å². The Bertz CT molecular complexity index is 335. The predicted octanol–water partition coefficient (Wildman–Crippen LogP) is 3.47. The third-order valence-corrected chi connectivity index (χ3v) is 4.11. The molecule has 1 nitrogen and oxygen atoms in total. The summed E-state index contributed by atoms with van der Waals surface area (Å²) in [4.78, 5) is 1.27. The molecule has 0 amide bonds. The fourth-order valence-electron chi connectivity index (χ4n) is 1.63. The van der Waals surface area contributed by atoms with E-state index < -0.39 is 0 Å². The number of thioether (sulfide) groups is 1. The van der Waals surface area contributed by atoms with Gasteiger partial charge in [0.15, 0.2) is 0 Å². The molecule has 0 heterocycles. The zero-order chi connectivity index (χ0) is 9.86. The first-order chi connectivity index (χ1) is 6.85. The molecule has 14 heavy (non-hydrogen) atoms. The van der Waals surface area contributed by atoms with Gasteiger partial charge in [-0.3, -0.25) is 0 Å². The Morgan fingerprint density at radius 1 is 1.29 bits per heavy atom. The second kappa shape index (κ2) is 4.06. The molecule has 2 heteroatoms. The summed E-state index contributed by atoms with van der Waals surface area (Å²) >= 11 is 1.81. The number of nitriles is 1. The highest BCUT2D eigenvalue weighted by Crippen LogP contribution is 2.43. The molecule has 0 N–H and O–H groups in total. The highest BCUT2D eigenvalue weighted by molar-refractivity contribution is 7.99. The SMILES string of the molecule is N#CC1(CSc2ccccc2)CCC1. The van der Waals surface area contributed by atoms with Crippen LogP contribution in [-0.4, -0.2) is 5.75 Å². The van der Waals surface area contributed by atoms with Crippen LogP contribution >= 0.6 is 11.8 Å². The topological polar surface area (TPSA) is 23.8 Å². The smallest absolute Gasteiger partial charge is 0.0698 e. The van der Waals surface area contributed by atoms with Crippen LogP contribution in [0.4, 0.5) is 0 Å². The minimum absolute atomic E-state index is 0.0134. The molecule has 0 spiro atoms. The van der Waals surface area contributed by atoms with Crippen LogP contribution in [0, 0.1) is 16.7 Å². The van der Waals surface area contributed by atoms with Crippen molar-refractivity contribution in [2.24, 2.45) is 5.41 Å². The van der Waals surface area contributed by atoms with Crippen molar-refractivity contribution < 1.29 is 0 Å². The number of rotatable bonds is 3. The van der Waals surface area contributed by atoms with Crippen LogP contribution in [0.15, 0.2) is 35.2 Å². The Kier molecular flexibility index (Phi) is 2.79. The molecule has 2 rings (SSSR count). The summed E-state index contributed by atoms with van der Waals surface area (Å²) in [5.74, 6) is 0.952. The van der Waals surface area contributed by atoms with E-state index in [1.54, 1.807) is 11.8 Å². The molecule has 0 unspecified atom stereocenters. The molecular weight excluding hydrogens is 190 g/mol. The third kappa shape index (κ3) is 1.93. The van der Waals surface area contributed by atoms with Gasteiger partial charge < -0.3 is 0 Å². The first kappa shape index (κ1) is 9.61. The summed E-state index contributed by atoms with van der Waals surface area (Å²) in [5.41, 5.74) is -0.0134. The van der Waals surface area contributed by atoms with Gasteiger partial charge in [0.2, 0.25) is 0 Å². The summed E-state index contributed by atoms with van der Waals surface area (Å²) in [6, 6.07) is 12.8. The Hall–Kier alpha value is -0.940. The second-order valence-corrected chi connectivity index (χ2v) is 4.90. The first-order valence-corrected chi connectivity index (χ1v) is 5.92. The maximum atomic E-state index is 9.05. The summed E-state index contributed by atoms with van der Waals surface area (Å²) in [6.45, 7) is 0. The van der Waals surface area contributed by atoms with Gasteiger partial charge in [-0.2, -0.15) is 5.26 Å². The van der Waals surface area contributed by atoms with Crippen LogP contribution in [0.3, 0.4) is 0 Å². The van der Waals surface area contributed by atoms with Crippen molar-refractivity contribution in [1.82, 2.24) is 0 Å². The number of nitrogens with zero attached hydrogens (tertiary/aromatic N) is 1. The van der Waals surface area contributed by atoms with Crippen molar-refractivity contribution in [3.05, 3.63) is 30.3 Å². The summed E-state index contributed by atoms with van der Waals surface area (Å²) in [6.07, 6.45) is 3.40. The van der Waals surface area contributed by atoms with Crippen molar-refractivity contribution in [3.8, 4) is 6.07 Å². The largest absolute Gasteiger partial charge is 0.198 e. The van der Waals surface area contributed by atoms with E-state index in [0.717, 1.165) is 18.6 Å². The van der Waals surface area contributed by atoms with Gasteiger partial charge in [-0.05, 0) is 25.0 Å². The van der Waals surface area contributed by atoms with E-state index >= 15 is 0 Å². The predicted molar refractivity (Wildman–Crippen MR) is 59.1 cm³/mol. The van der Waals surface area contributed by atoms with E-state index in [1.807, 2.05) is 18.2 Å². The molecule has 1 fully saturated rings. The molecule has 1 aliphatic carbocycles. The average molecular weight is 203 g/mol. The van der Waals surface area contributed by atoms with E-state index in [1.165, 1.54) is 11.3 Å². The zero-order valence-electron chi connectivity index (χ0n) is 8.07. The maximum absolute atomic E-state index is 9.05. The maximum Gasteiger partial charge on any atom is 0.0698 e. The van der Waals surface area contributed by atoms with Crippen LogP contribution in [0.1, 0.15) is 19.3 Å². The molecule has 1 aromatic carbocycles. The minimum Gasteiger partial charge on any atom is -0.198 e. The Balaban J connectivity index is 1.92. The molecule has 72 valence electrons. The Labute approximate surface area is 89.1 Å². The molecule has 0 aliphatic heterocycles. The van der Waals surface area contributed by atoms with Crippen LogP contribution < -0.4 is 0 Å². The van der Waals surface area contributed by atoms with Crippen LogP contribution in [-0.2, 0) is 0 Å². The molecule has 1 aromatic rings. The van der Waals surface area contributed by atoms with Crippen molar-refractivity contribution in [2.45, 2.75) is 24.2 Å². The van der Waals surface area contributed by atoms with Gasteiger partial charge in [-0.25, -0.2) is 0 Å². The van der Waals surface area contributed by atoms with E-state index in [0.29, 0.717) is 0 Å². The molecular formula is C12H13NS. The Morgan fingerprint density at radius 3 is 2.50 bits per heavy atom. The number of hydrogen-bond acceptors (Lipinski definition) is 2. The molecule has 0 atom stereocenters. The first-order valence-electron chi connectivity index (χ1n) is 4.94. The van der Waals surface area contributed by atoms with Crippen LogP contribution in [0.25, 0.3) is 0 Å². The third-order valence-electron chi connectivity index (χ3n) is 2.81.